The normalized spacial score (nSPS) is 25.9. The molecule has 0 aromatic heterocycles. The maximum Gasteiger partial charge on any atom is 0.333 e. The lowest BCUT2D eigenvalue weighted by atomic mass is 9.77. The third kappa shape index (κ3) is 5.81. The molecule has 2 bridgehead atoms. The Labute approximate surface area is 165 Å². The lowest BCUT2D eigenvalue weighted by molar-refractivity contribution is -0.137. The fourth-order valence-corrected chi connectivity index (χ4v) is 4.16. The van der Waals surface area contributed by atoms with Crippen molar-refractivity contribution >= 4 is 17.7 Å². The number of carboxylic acid groups (broad SMARTS) is 1. The van der Waals surface area contributed by atoms with E-state index in [-0.39, 0.29) is 18.6 Å². The van der Waals surface area contributed by atoms with Crippen molar-refractivity contribution in [3.05, 3.63) is 42.5 Å². The van der Waals surface area contributed by atoms with Crippen LogP contribution in [0.5, 0.6) is 0 Å². The topological polar surface area (TPSA) is 99.7 Å². The molecule has 152 valence electrons. The van der Waals surface area contributed by atoms with Crippen LogP contribution >= 0.6 is 0 Å². The number of fused-ring (bicyclic) bond motifs is 2. The Kier molecular flexibility index (Phi) is 7.45. The lowest BCUT2D eigenvalue weighted by Crippen LogP contribution is -2.45. The number of rotatable bonds is 10. The summed E-state index contributed by atoms with van der Waals surface area (Å²) in [4.78, 5) is 22.5. The minimum absolute atomic E-state index is 0.213. The molecule has 4 atom stereocenters. The van der Waals surface area contributed by atoms with Gasteiger partial charge in [-0.25, -0.2) is 10.2 Å². The van der Waals surface area contributed by atoms with Gasteiger partial charge >= 0.3 is 12.0 Å². The van der Waals surface area contributed by atoms with Crippen LogP contribution in [-0.2, 0) is 9.53 Å². The highest BCUT2D eigenvalue weighted by Crippen LogP contribution is 2.44. The molecule has 2 aliphatic heterocycles. The summed E-state index contributed by atoms with van der Waals surface area (Å²) >= 11 is 0. The number of para-hydroxylation sites is 1. The van der Waals surface area contributed by atoms with Gasteiger partial charge in [0, 0.05) is 24.6 Å². The summed E-state index contributed by atoms with van der Waals surface area (Å²) in [6, 6.07) is 9.03. The van der Waals surface area contributed by atoms with Crippen molar-refractivity contribution in [3.63, 3.8) is 0 Å². The highest BCUT2D eigenvalue weighted by atomic mass is 16.5. The number of hydrogen-bond acceptors (Lipinski definition) is 4. The predicted octanol–water partition coefficient (Wildman–Crippen LogP) is 3.31. The molecule has 2 amide bonds. The summed E-state index contributed by atoms with van der Waals surface area (Å²) in [5, 5.41) is 11.4. The first-order chi connectivity index (χ1) is 13.6. The lowest BCUT2D eigenvalue weighted by Gasteiger charge is -2.27. The summed E-state index contributed by atoms with van der Waals surface area (Å²) < 4.78 is 6.08. The molecule has 7 heteroatoms. The molecule has 2 fully saturated rings. The van der Waals surface area contributed by atoms with E-state index >= 15 is 0 Å². The second-order valence-electron chi connectivity index (χ2n) is 7.44. The molecule has 2 saturated heterocycles. The van der Waals surface area contributed by atoms with Crippen LogP contribution in [0.1, 0.15) is 38.5 Å². The number of benzene rings is 1. The van der Waals surface area contributed by atoms with Crippen molar-refractivity contribution in [1.29, 1.82) is 0 Å². The first-order valence-corrected chi connectivity index (χ1v) is 10.0. The van der Waals surface area contributed by atoms with Gasteiger partial charge in [0.25, 0.3) is 0 Å². The number of amides is 2. The highest BCUT2D eigenvalue weighted by Gasteiger charge is 2.47. The van der Waals surface area contributed by atoms with Crippen LogP contribution in [0.3, 0.4) is 0 Å². The Hall–Kier alpha value is -2.38. The molecular weight excluding hydrogens is 358 g/mol. The molecule has 3 rings (SSSR count). The molecule has 28 heavy (non-hydrogen) atoms. The van der Waals surface area contributed by atoms with Gasteiger partial charge < -0.3 is 15.2 Å². The molecular formula is C21H29N3O4. The van der Waals surface area contributed by atoms with Crippen molar-refractivity contribution in [1.82, 2.24) is 10.9 Å². The van der Waals surface area contributed by atoms with Crippen LogP contribution in [0.2, 0.25) is 0 Å². The molecule has 1 aromatic carbocycles. The number of carbonyl (C=O) groups is 2. The average Bonchev–Trinajstić information content (AvgIpc) is 3.27. The SMILES string of the molecule is O=C(O)CCCC=CC[C@@H]1[C@H](CNNC(=O)Nc2ccccc2)[C@H]2CC[C@@H]1O2. The van der Waals surface area contributed by atoms with Gasteiger partial charge in [-0.2, -0.15) is 0 Å². The maximum atomic E-state index is 12.0. The van der Waals surface area contributed by atoms with Crippen molar-refractivity contribution in [2.75, 3.05) is 11.9 Å². The minimum atomic E-state index is -0.746. The molecule has 0 spiro atoms. The summed E-state index contributed by atoms with van der Waals surface area (Å²) in [7, 11) is 0. The zero-order chi connectivity index (χ0) is 19.8. The van der Waals surface area contributed by atoms with E-state index in [4.69, 9.17) is 9.84 Å². The Morgan fingerprint density at radius 2 is 1.86 bits per heavy atom. The minimum Gasteiger partial charge on any atom is -0.481 e. The number of hydrazine groups is 1. The van der Waals surface area contributed by atoms with Gasteiger partial charge in [-0.1, -0.05) is 30.4 Å². The van der Waals surface area contributed by atoms with Gasteiger partial charge in [-0.3, -0.25) is 10.2 Å². The molecule has 0 aliphatic carbocycles. The Morgan fingerprint density at radius 1 is 1.11 bits per heavy atom. The van der Waals surface area contributed by atoms with Crippen molar-refractivity contribution in [3.8, 4) is 0 Å². The van der Waals surface area contributed by atoms with E-state index in [1.807, 2.05) is 30.3 Å². The van der Waals surface area contributed by atoms with E-state index in [2.05, 4.69) is 28.3 Å². The summed E-state index contributed by atoms with van der Waals surface area (Å²) in [5.74, 6) is 0.0465. The monoisotopic (exact) mass is 387 g/mol. The molecule has 2 aliphatic rings. The average molecular weight is 387 g/mol. The van der Waals surface area contributed by atoms with Gasteiger partial charge in [-0.05, 0) is 50.2 Å². The predicted molar refractivity (Wildman–Crippen MR) is 107 cm³/mol. The van der Waals surface area contributed by atoms with Crippen LogP contribution in [0.15, 0.2) is 42.5 Å². The highest BCUT2D eigenvalue weighted by molar-refractivity contribution is 5.88. The molecule has 4 N–H and O–H groups in total. The summed E-state index contributed by atoms with van der Waals surface area (Å²) in [5.41, 5.74) is 6.50. The summed E-state index contributed by atoms with van der Waals surface area (Å²) in [6.07, 6.45) is 9.54. The van der Waals surface area contributed by atoms with Gasteiger partial charge in [-0.15, -0.1) is 0 Å². The Bertz CT molecular complexity index is 679. The van der Waals surface area contributed by atoms with Gasteiger partial charge in [0.2, 0.25) is 0 Å². The second kappa shape index (κ2) is 10.2. The largest absolute Gasteiger partial charge is 0.481 e. The van der Waals surface area contributed by atoms with Gasteiger partial charge in [0.15, 0.2) is 0 Å². The Balaban J connectivity index is 1.40. The number of carbonyl (C=O) groups excluding carboxylic acids is 1. The number of carboxylic acids is 1. The van der Waals surface area contributed by atoms with Crippen LogP contribution in [0.25, 0.3) is 0 Å². The third-order valence-electron chi connectivity index (χ3n) is 5.50. The maximum absolute atomic E-state index is 12.0. The zero-order valence-corrected chi connectivity index (χ0v) is 16.0. The van der Waals surface area contributed by atoms with E-state index in [1.165, 1.54) is 0 Å². The molecule has 0 radical (unpaired) electrons. The number of unbranched alkanes of at least 4 members (excludes halogenated alkanes) is 1. The number of ether oxygens (including phenoxy) is 1. The number of allylic oxidation sites excluding steroid dienone is 2. The molecule has 1 aromatic rings. The quantitative estimate of drug-likeness (QED) is 0.280. The number of nitrogens with one attached hydrogen (secondary N) is 3. The smallest absolute Gasteiger partial charge is 0.333 e. The zero-order valence-electron chi connectivity index (χ0n) is 16.0. The van der Waals surface area contributed by atoms with E-state index in [0.717, 1.165) is 31.4 Å². The third-order valence-corrected chi connectivity index (χ3v) is 5.50. The standard InChI is InChI=1S/C21H29N3O4/c25-20(26)11-7-2-1-6-10-16-17(19-13-12-18(16)28-19)14-22-24-21(27)23-15-8-4-3-5-9-15/h1,3-6,8-9,16-19,22H,2,7,10-14H2,(H,25,26)(H2,23,24,27)/t16-,17+,18+,19-/m1/s1. The summed E-state index contributed by atoms with van der Waals surface area (Å²) in [6.45, 7) is 0.668. The van der Waals surface area contributed by atoms with Crippen LogP contribution in [0, 0.1) is 11.8 Å². The van der Waals surface area contributed by atoms with E-state index < -0.39 is 5.97 Å². The molecule has 2 heterocycles. The first kappa shape index (κ1) is 20.4. The number of urea groups is 1. The number of aliphatic carboxylic acids is 1. The van der Waals surface area contributed by atoms with E-state index in [0.29, 0.717) is 30.9 Å². The molecule has 7 nitrogen and oxygen atoms in total. The van der Waals surface area contributed by atoms with Crippen LogP contribution in [-0.4, -0.2) is 35.9 Å². The van der Waals surface area contributed by atoms with Crippen molar-refractivity contribution in [2.45, 2.75) is 50.7 Å². The van der Waals surface area contributed by atoms with Crippen LogP contribution in [0.4, 0.5) is 10.5 Å². The molecule has 0 unspecified atom stereocenters. The van der Waals surface area contributed by atoms with Crippen molar-refractivity contribution in [2.24, 2.45) is 11.8 Å². The molecule has 0 saturated carbocycles. The fourth-order valence-electron chi connectivity index (χ4n) is 4.16. The van der Waals surface area contributed by atoms with E-state index in [9.17, 15) is 9.59 Å². The first-order valence-electron chi connectivity index (χ1n) is 10.0. The number of anilines is 1. The van der Waals surface area contributed by atoms with Gasteiger partial charge in [0.1, 0.15) is 0 Å². The second-order valence-corrected chi connectivity index (χ2v) is 7.44. The van der Waals surface area contributed by atoms with Crippen molar-refractivity contribution < 1.29 is 19.4 Å². The Morgan fingerprint density at radius 3 is 2.61 bits per heavy atom. The van der Waals surface area contributed by atoms with Gasteiger partial charge in [0.05, 0.1) is 12.2 Å². The van der Waals surface area contributed by atoms with Crippen LogP contribution < -0.4 is 16.2 Å². The van der Waals surface area contributed by atoms with E-state index in [1.54, 1.807) is 0 Å². The fraction of sp³-hybridized carbons (Fsp3) is 0.524. The number of hydrogen-bond donors (Lipinski definition) is 4.